The molecule has 2 saturated heterocycles. The Morgan fingerprint density at radius 2 is 2.12 bits per heavy atom. The van der Waals surface area contributed by atoms with Crippen molar-refractivity contribution in [2.75, 3.05) is 26.3 Å². The predicted molar refractivity (Wildman–Crippen MR) is 113 cm³/mol. The molecule has 2 fully saturated rings. The van der Waals surface area contributed by atoms with Crippen LogP contribution in [-0.2, 0) is 22.6 Å². The lowest BCUT2D eigenvalue weighted by Gasteiger charge is -2.19. The van der Waals surface area contributed by atoms with Gasteiger partial charge in [0, 0.05) is 56.1 Å². The van der Waals surface area contributed by atoms with E-state index in [4.69, 9.17) is 24.6 Å². The number of hydrogen-bond acceptors (Lipinski definition) is 7. The third-order valence-electron chi connectivity index (χ3n) is 5.78. The third-order valence-corrected chi connectivity index (χ3v) is 5.78. The van der Waals surface area contributed by atoms with Crippen molar-refractivity contribution in [1.29, 1.82) is 5.26 Å². The van der Waals surface area contributed by atoms with Gasteiger partial charge in [0.1, 0.15) is 6.07 Å². The molecule has 2 aromatic rings. The summed E-state index contributed by atoms with van der Waals surface area (Å²) in [6.07, 6.45) is 1.85. The molecule has 2 aromatic heterocycles. The number of aromatic nitrogens is 3. The summed E-state index contributed by atoms with van der Waals surface area (Å²) in [5.74, 6) is -1.08. The first-order chi connectivity index (χ1) is 16.2. The van der Waals surface area contributed by atoms with Gasteiger partial charge in [-0.2, -0.15) is 23.5 Å². The van der Waals surface area contributed by atoms with Crippen LogP contribution >= 0.6 is 0 Å². The number of aliphatic carboxylic acids is 1. The molecule has 1 N–H and O–H groups in total. The summed E-state index contributed by atoms with van der Waals surface area (Å²) in [6.45, 7) is 7.46. The number of nitrogens with zero attached hydrogens (tertiary/aromatic N) is 5. The summed E-state index contributed by atoms with van der Waals surface area (Å²) in [5.41, 5.74) is 1.81. The molecule has 4 rings (SSSR count). The monoisotopic (exact) mass is 481 g/mol. The number of carboxylic acid groups (broad SMARTS) is 1. The van der Waals surface area contributed by atoms with Crippen LogP contribution in [0.2, 0.25) is 0 Å². The summed E-state index contributed by atoms with van der Waals surface area (Å²) in [5, 5.41) is 20.3. The molecule has 184 valence electrons. The maximum Gasteiger partial charge on any atom is 0.490 e. The lowest BCUT2D eigenvalue weighted by atomic mass is 9.91. The molecule has 3 atom stereocenters. The molecule has 0 radical (unpaired) electrons. The zero-order valence-electron chi connectivity index (χ0n) is 18.6. The highest BCUT2D eigenvalue weighted by atomic mass is 19.4. The molecule has 34 heavy (non-hydrogen) atoms. The summed E-state index contributed by atoms with van der Waals surface area (Å²) in [6, 6.07) is 5.54. The Bertz CT molecular complexity index is 990. The number of fused-ring (bicyclic) bond motifs is 1. The normalized spacial score (nSPS) is 21.9. The maximum atomic E-state index is 10.6. The molecule has 4 heterocycles. The van der Waals surface area contributed by atoms with Crippen LogP contribution in [0.1, 0.15) is 24.5 Å². The Hall–Kier alpha value is -3.17. The van der Waals surface area contributed by atoms with E-state index < -0.39 is 12.1 Å². The SMILES string of the molecule is CCn1cc(CN2C[C@H]3[C@@H](CCOc4ccc(C#N)cn4)CO[C@H]3C2)cn1.O=C(O)C(F)(F)F. The third kappa shape index (κ3) is 6.91. The van der Waals surface area contributed by atoms with Crippen molar-refractivity contribution in [1.82, 2.24) is 19.7 Å². The molecule has 2 aliphatic rings. The van der Waals surface area contributed by atoms with Crippen molar-refractivity contribution < 1.29 is 32.5 Å². The number of halogens is 3. The molecule has 0 amide bonds. The molecule has 2 aliphatic heterocycles. The van der Waals surface area contributed by atoms with Gasteiger partial charge in [0.25, 0.3) is 0 Å². The summed E-state index contributed by atoms with van der Waals surface area (Å²) < 4.78 is 45.5. The van der Waals surface area contributed by atoms with Gasteiger partial charge in [0.2, 0.25) is 5.88 Å². The van der Waals surface area contributed by atoms with E-state index in [1.807, 2.05) is 10.9 Å². The van der Waals surface area contributed by atoms with Crippen LogP contribution < -0.4 is 4.74 Å². The fourth-order valence-electron chi connectivity index (χ4n) is 4.07. The molecule has 0 spiro atoms. The van der Waals surface area contributed by atoms with Crippen molar-refractivity contribution in [3.05, 3.63) is 41.9 Å². The van der Waals surface area contributed by atoms with E-state index in [0.29, 0.717) is 36.0 Å². The van der Waals surface area contributed by atoms with Gasteiger partial charge < -0.3 is 14.6 Å². The highest BCUT2D eigenvalue weighted by molar-refractivity contribution is 5.73. The second kappa shape index (κ2) is 11.3. The van der Waals surface area contributed by atoms with Crippen LogP contribution in [0.3, 0.4) is 0 Å². The Balaban J connectivity index is 0.000000406. The Labute approximate surface area is 194 Å². The smallest absolute Gasteiger partial charge is 0.478 e. The number of carbonyl (C=O) groups is 1. The maximum absolute atomic E-state index is 10.6. The molecule has 0 saturated carbocycles. The number of rotatable bonds is 7. The molecular formula is C22H26F3N5O4. The number of alkyl halides is 3. The number of carboxylic acids is 1. The van der Waals surface area contributed by atoms with Crippen LogP contribution in [0.4, 0.5) is 13.2 Å². The van der Waals surface area contributed by atoms with E-state index in [-0.39, 0.29) is 0 Å². The second-order valence-corrected chi connectivity index (χ2v) is 8.13. The first-order valence-electron chi connectivity index (χ1n) is 10.8. The lowest BCUT2D eigenvalue weighted by Crippen LogP contribution is -2.24. The number of aryl methyl sites for hydroxylation is 1. The highest BCUT2D eigenvalue weighted by Gasteiger charge is 2.43. The first-order valence-corrected chi connectivity index (χ1v) is 10.8. The van der Waals surface area contributed by atoms with Crippen molar-refractivity contribution in [2.45, 2.75) is 38.7 Å². The van der Waals surface area contributed by atoms with E-state index in [1.54, 1.807) is 18.3 Å². The van der Waals surface area contributed by atoms with E-state index in [2.05, 4.69) is 34.2 Å². The number of likely N-dealkylation sites (tertiary alicyclic amines) is 1. The largest absolute Gasteiger partial charge is 0.490 e. The zero-order valence-corrected chi connectivity index (χ0v) is 18.6. The van der Waals surface area contributed by atoms with Crippen molar-refractivity contribution in [3.8, 4) is 11.9 Å². The Kier molecular flexibility index (Phi) is 8.46. The van der Waals surface area contributed by atoms with Gasteiger partial charge in [-0.3, -0.25) is 9.58 Å². The van der Waals surface area contributed by atoms with E-state index in [1.165, 1.54) is 5.56 Å². The van der Waals surface area contributed by atoms with Crippen LogP contribution in [0, 0.1) is 23.2 Å². The van der Waals surface area contributed by atoms with Crippen LogP contribution in [-0.4, -0.2) is 69.3 Å². The predicted octanol–water partition coefficient (Wildman–Crippen LogP) is 2.72. The highest BCUT2D eigenvalue weighted by Crippen LogP contribution is 2.36. The minimum Gasteiger partial charge on any atom is -0.478 e. The second-order valence-electron chi connectivity index (χ2n) is 8.13. The average molecular weight is 481 g/mol. The number of ether oxygens (including phenoxy) is 2. The molecule has 0 unspecified atom stereocenters. The molecule has 0 bridgehead atoms. The topological polar surface area (TPSA) is 114 Å². The minimum atomic E-state index is -5.08. The number of nitriles is 1. The van der Waals surface area contributed by atoms with Crippen LogP contribution in [0.25, 0.3) is 0 Å². The minimum absolute atomic E-state index is 0.337. The van der Waals surface area contributed by atoms with Gasteiger partial charge in [0.05, 0.1) is 31.1 Å². The van der Waals surface area contributed by atoms with Crippen molar-refractivity contribution >= 4 is 5.97 Å². The van der Waals surface area contributed by atoms with Gasteiger partial charge in [0.15, 0.2) is 0 Å². The lowest BCUT2D eigenvalue weighted by molar-refractivity contribution is -0.192. The van der Waals surface area contributed by atoms with Crippen LogP contribution in [0.15, 0.2) is 30.7 Å². The van der Waals surface area contributed by atoms with Gasteiger partial charge in [-0.25, -0.2) is 9.78 Å². The van der Waals surface area contributed by atoms with Crippen molar-refractivity contribution in [2.24, 2.45) is 11.8 Å². The van der Waals surface area contributed by atoms with Crippen molar-refractivity contribution in [3.63, 3.8) is 0 Å². The molecule has 12 heteroatoms. The van der Waals surface area contributed by atoms with E-state index in [0.717, 1.165) is 39.2 Å². The molecule has 0 aromatic carbocycles. The van der Waals surface area contributed by atoms with Gasteiger partial charge in [-0.1, -0.05) is 0 Å². The molecular weight excluding hydrogens is 455 g/mol. The fourth-order valence-corrected chi connectivity index (χ4v) is 4.07. The van der Waals surface area contributed by atoms with Crippen LogP contribution in [0.5, 0.6) is 5.88 Å². The Morgan fingerprint density at radius 1 is 1.35 bits per heavy atom. The first kappa shape index (κ1) is 25.5. The van der Waals surface area contributed by atoms with E-state index >= 15 is 0 Å². The number of pyridine rings is 1. The zero-order chi connectivity index (χ0) is 24.7. The Morgan fingerprint density at radius 3 is 2.71 bits per heavy atom. The molecule has 9 nitrogen and oxygen atoms in total. The van der Waals surface area contributed by atoms with Gasteiger partial charge in [-0.05, 0) is 25.3 Å². The molecule has 0 aliphatic carbocycles. The average Bonchev–Trinajstić information content (AvgIpc) is 3.51. The summed E-state index contributed by atoms with van der Waals surface area (Å²) in [4.78, 5) is 15.5. The fraction of sp³-hybridized carbons (Fsp3) is 0.545. The summed E-state index contributed by atoms with van der Waals surface area (Å²) in [7, 11) is 0. The summed E-state index contributed by atoms with van der Waals surface area (Å²) >= 11 is 0. The van der Waals surface area contributed by atoms with Gasteiger partial charge in [-0.15, -0.1) is 0 Å². The standard InChI is InChI=1S/C20H25N5O2.C2HF3O2/c1-2-25-11-16(9-23-25)10-24-12-18-17(14-27-19(18)13-24)5-6-26-20-4-3-15(7-21)8-22-20;3-2(4,5)1(6)7/h3-4,8-9,11,17-19H,2,5-6,10,12-14H2,1H3;(H,6,7)/t17-,18-,19-;/m0./s1. The number of hydrogen-bond donors (Lipinski definition) is 1. The van der Waals surface area contributed by atoms with E-state index in [9.17, 15) is 13.2 Å². The van der Waals surface area contributed by atoms with Gasteiger partial charge >= 0.3 is 12.1 Å². The quantitative estimate of drug-likeness (QED) is 0.642.